The van der Waals surface area contributed by atoms with Crippen molar-refractivity contribution in [3.63, 3.8) is 0 Å². The van der Waals surface area contributed by atoms with E-state index in [9.17, 15) is 9.18 Å². The molecule has 3 rings (SSSR count). The number of carbonyl (C=O) groups excluding carboxylic acids is 1. The molecule has 0 saturated carbocycles. The summed E-state index contributed by atoms with van der Waals surface area (Å²) in [6.07, 6.45) is 0. The van der Waals surface area contributed by atoms with Crippen LogP contribution >= 0.6 is 23.1 Å². The molecule has 3 aromatic rings. The SMILES string of the molecule is Cc1nc(NC(=O)CSc2nnc(-c3cccc(F)c3)n2C)sc1C. The van der Waals surface area contributed by atoms with Crippen LogP contribution in [0.4, 0.5) is 9.52 Å². The van der Waals surface area contributed by atoms with E-state index in [4.69, 9.17) is 0 Å². The molecule has 1 aromatic carbocycles. The average molecular weight is 377 g/mol. The zero-order valence-corrected chi connectivity index (χ0v) is 15.5. The summed E-state index contributed by atoms with van der Waals surface area (Å²) < 4.78 is 15.1. The van der Waals surface area contributed by atoms with Gasteiger partial charge in [-0.05, 0) is 26.0 Å². The molecule has 0 radical (unpaired) electrons. The highest BCUT2D eigenvalue weighted by molar-refractivity contribution is 7.99. The lowest BCUT2D eigenvalue weighted by atomic mass is 10.2. The van der Waals surface area contributed by atoms with Gasteiger partial charge in [-0.3, -0.25) is 4.79 Å². The Balaban J connectivity index is 1.65. The molecular formula is C16H16FN5OS2. The van der Waals surface area contributed by atoms with Crippen LogP contribution in [0.2, 0.25) is 0 Å². The molecule has 0 fully saturated rings. The van der Waals surface area contributed by atoms with E-state index in [1.165, 1.54) is 35.2 Å². The Morgan fingerprint density at radius 1 is 1.36 bits per heavy atom. The highest BCUT2D eigenvalue weighted by Gasteiger charge is 2.14. The second-order valence-electron chi connectivity index (χ2n) is 5.37. The molecule has 0 spiro atoms. The summed E-state index contributed by atoms with van der Waals surface area (Å²) in [4.78, 5) is 17.4. The van der Waals surface area contributed by atoms with Crippen LogP contribution in [0, 0.1) is 19.7 Å². The van der Waals surface area contributed by atoms with E-state index in [0.29, 0.717) is 21.7 Å². The molecule has 1 N–H and O–H groups in total. The lowest BCUT2D eigenvalue weighted by Crippen LogP contribution is -2.14. The number of thiazole rings is 1. The number of anilines is 1. The van der Waals surface area contributed by atoms with Crippen LogP contribution in [0.25, 0.3) is 11.4 Å². The first-order valence-electron chi connectivity index (χ1n) is 7.46. The molecule has 2 aromatic heterocycles. The maximum atomic E-state index is 13.4. The molecule has 0 unspecified atom stereocenters. The second kappa shape index (κ2) is 7.32. The van der Waals surface area contributed by atoms with E-state index in [1.54, 1.807) is 23.7 Å². The van der Waals surface area contributed by atoms with Crippen molar-refractivity contribution in [2.45, 2.75) is 19.0 Å². The summed E-state index contributed by atoms with van der Waals surface area (Å²) in [5.74, 6) is 0.248. The van der Waals surface area contributed by atoms with Crippen LogP contribution in [0.3, 0.4) is 0 Å². The van der Waals surface area contributed by atoms with Crippen LogP contribution in [0.1, 0.15) is 10.6 Å². The second-order valence-corrected chi connectivity index (χ2v) is 7.52. The number of aromatic nitrogens is 4. The van der Waals surface area contributed by atoms with E-state index in [0.717, 1.165) is 10.6 Å². The van der Waals surface area contributed by atoms with Gasteiger partial charge < -0.3 is 9.88 Å². The molecule has 25 heavy (non-hydrogen) atoms. The van der Waals surface area contributed by atoms with Gasteiger partial charge in [-0.2, -0.15) is 0 Å². The topological polar surface area (TPSA) is 72.7 Å². The summed E-state index contributed by atoms with van der Waals surface area (Å²) in [5.41, 5.74) is 1.56. The van der Waals surface area contributed by atoms with Crippen molar-refractivity contribution in [3.8, 4) is 11.4 Å². The molecule has 1 amide bonds. The Morgan fingerprint density at radius 3 is 2.84 bits per heavy atom. The minimum atomic E-state index is -0.330. The summed E-state index contributed by atoms with van der Waals surface area (Å²) in [6.45, 7) is 3.87. The van der Waals surface area contributed by atoms with Crippen LogP contribution in [-0.2, 0) is 11.8 Å². The molecule has 130 valence electrons. The minimum Gasteiger partial charge on any atom is -0.305 e. The highest BCUT2D eigenvalue weighted by Crippen LogP contribution is 2.24. The number of nitrogens with zero attached hydrogens (tertiary/aromatic N) is 4. The third-order valence-corrected chi connectivity index (χ3v) is 5.53. The Bertz CT molecular complexity index is 902. The molecule has 0 saturated heterocycles. The smallest absolute Gasteiger partial charge is 0.236 e. The number of nitrogens with one attached hydrogen (secondary N) is 1. The Labute approximate surface area is 152 Å². The maximum absolute atomic E-state index is 13.4. The van der Waals surface area contributed by atoms with Gasteiger partial charge in [0.15, 0.2) is 16.1 Å². The summed E-state index contributed by atoms with van der Waals surface area (Å²) in [6, 6.07) is 6.17. The molecule has 6 nitrogen and oxygen atoms in total. The normalized spacial score (nSPS) is 10.9. The van der Waals surface area contributed by atoms with Crippen molar-refractivity contribution in [2.24, 2.45) is 7.05 Å². The van der Waals surface area contributed by atoms with Gasteiger partial charge in [0, 0.05) is 17.5 Å². The largest absolute Gasteiger partial charge is 0.305 e. The van der Waals surface area contributed by atoms with Crippen molar-refractivity contribution in [1.82, 2.24) is 19.7 Å². The highest BCUT2D eigenvalue weighted by atomic mass is 32.2. The zero-order chi connectivity index (χ0) is 18.0. The van der Waals surface area contributed by atoms with Crippen LogP contribution in [0.5, 0.6) is 0 Å². The van der Waals surface area contributed by atoms with E-state index in [1.807, 2.05) is 13.8 Å². The predicted molar refractivity (Wildman–Crippen MR) is 97.3 cm³/mol. The number of halogens is 1. The number of aryl methyl sites for hydroxylation is 2. The molecular weight excluding hydrogens is 361 g/mol. The fourth-order valence-electron chi connectivity index (χ4n) is 2.13. The lowest BCUT2D eigenvalue weighted by Gasteiger charge is -2.04. The van der Waals surface area contributed by atoms with Gasteiger partial charge in [0.1, 0.15) is 5.82 Å². The Kier molecular flexibility index (Phi) is 5.14. The van der Waals surface area contributed by atoms with Crippen molar-refractivity contribution in [2.75, 3.05) is 11.1 Å². The number of hydrogen-bond donors (Lipinski definition) is 1. The fourth-order valence-corrected chi connectivity index (χ4v) is 3.67. The van der Waals surface area contributed by atoms with Crippen molar-refractivity contribution < 1.29 is 9.18 Å². The van der Waals surface area contributed by atoms with Gasteiger partial charge in [0.05, 0.1) is 11.4 Å². The molecule has 0 bridgehead atoms. The number of carbonyl (C=O) groups is 1. The van der Waals surface area contributed by atoms with Gasteiger partial charge in [0.2, 0.25) is 5.91 Å². The van der Waals surface area contributed by atoms with Gasteiger partial charge in [-0.15, -0.1) is 21.5 Å². The van der Waals surface area contributed by atoms with E-state index < -0.39 is 0 Å². The number of amides is 1. The zero-order valence-electron chi connectivity index (χ0n) is 13.9. The quantitative estimate of drug-likeness (QED) is 0.690. The average Bonchev–Trinajstić information content (AvgIpc) is 3.08. The lowest BCUT2D eigenvalue weighted by molar-refractivity contribution is -0.113. The van der Waals surface area contributed by atoms with Crippen LogP contribution in [-0.4, -0.2) is 31.4 Å². The third kappa shape index (κ3) is 4.05. The van der Waals surface area contributed by atoms with Crippen LogP contribution in [0.15, 0.2) is 29.4 Å². The Hall–Kier alpha value is -2.26. The van der Waals surface area contributed by atoms with Crippen molar-refractivity contribution in [1.29, 1.82) is 0 Å². The molecule has 2 heterocycles. The third-order valence-electron chi connectivity index (χ3n) is 3.52. The number of rotatable bonds is 5. The minimum absolute atomic E-state index is 0.158. The van der Waals surface area contributed by atoms with Crippen molar-refractivity contribution >= 4 is 34.1 Å². The molecule has 0 aliphatic heterocycles. The molecule has 9 heteroatoms. The predicted octanol–water partition coefficient (Wildman–Crippen LogP) is 3.43. The molecule has 0 atom stereocenters. The van der Waals surface area contributed by atoms with Gasteiger partial charge in [0.25, 0.3) is 0 Å². The Morgan fingerprint density at radius 2 is 2.16 bits per heavy atom. The maximum Gasteiger partial charge on any atom is 0.236 e. The van der Waals surface area contributed by atoms with Gasteiger partial charge in [-0.25, -0.2) is 9.37 Å². The first-order valence-corrected chi connectivity index (χ1v) is 9.26. The first kappa shape index (κ1) is 17.6. The summed E-state index contributed by atoms with van der Waals surface area (Å²) in [7, 11) is 1.79. The molecule has 0 aliphatic carbocycles. The fraction of sp³-hybridized carbons (Fsp3) is 0.250. The van der Waals surface area contributed by atoms with Gasteiger partial charge in [-0.1, -0.05) is 23.9 Å². The van der Waals surface area contributed by atoms with Crippen LogP contribution < -0.4 is 5.32 Å². The summed E-state index contributed by atoms with van der Waals surface area (Å²) in [5, 5.41) is 12.1. The summed E-state index contributed by atoms with van der Waals surface area (Å²) >= 11 is 2.71. The number of thioether (sulfide) groups is 1. The van der Waals surface area contributed by atoms with E-state index in [2.05, 4.69) is 20.5 Å². The number of hydrogen-bond acceptors (Lipinski definition) is 6. The first-order chi connectivity index (χ1) is 11.9. The molecule has 0 aliphatic rings. The van der Waals surface area contributed by atoms with Crippen molar-refractivity contribution in [3.05, 3.63) is 40.7 Å². The van der Waals surface area contributed by atoms with E-state index in [-0.39, 0.29) is 17.5 Å². The van der Waals surface area contributed by atoms with E-state index >= 15 is 0 Å². The number of benzene rings is 1. The van der Waals surface area contributed by atoms with Gasteiger partial charge >= 0.3 is 0 Å². The standard InChI is InChI=1S/C16H16FN5OS2/c1-9-10(2)25-15(18-9)19-13(23)8-24-16-21-20-14(22(16)3)11-5-4-6-12(17)7-11/h4-7H,8H2,1-3H3,(H,18,19,23). The monoisotopic (exact) mass is 377 g/mol.